The fourth-order valence-electron chi connectivity index (χ4n) is 4.00. The number of nitrogens with zero attached hydrogens (tertiary/aromatic N) is 3. The molecule has 0 amide bonds. The van der Waals surface area contributed by atoms with Gasteiger partial charge in [-0.05, 0) is 31.9 Å². The first-order valence-corrected chi connectivity index (χ1v) is 13.1. The van der Waals surface area contributed by atoms with Crippen LogP contribution in [0.5, 0.6) is 5.75 Å². The molecule has 0 bridgehead atoms. The van der Waals surface area contributed by atoms with Gasteiger partial charge in [-0.3, -0.25) is 0 Å². The highest BCUT2D eigenvalue weighted by molar-refractivity contribution is 5.93. The third-order valence-electron chi connectivity index (χ3n) is 6.28. The van der Waals surface area contributed by atoms with Crippen molar-refractivity contribution in [1.82, 2.24) is 20.6 Å². The first-order valence-electron chi connectivity index (χ1n) is 13.1. The van der Waals surface area contributed by atoms with Crippen molar-refractivity contribution in [2.24, 2.45) is 10.9 Å². The quantitative estimate of drug-likeness (QED) is 0.244. The van der Waals surface area contributed by atoms with Crippen LogP contribution in [0.2, 0.25) is 0 Å². The molecule has 1 aromatic heterocycles. The second kappa shape index (κ2) is 15.8. The molecule has 39 heavy (non-hydrogen) atoms. The van der Waals surface area contributed by atoms with Gasteiger partial charge in [-0.2, -0.15) is 0 Å². The van der Waals surface area contributed by atoms with Gasteiger partial charge in [-0.1, -0.05) is 13.0 Å². The van der Waals surface area contributed by atoms with Crippen molar-refractivity contribution < 1.29 is 28.1 Å². The van der Waals surface area contributed by atoms with E-state index in [1.165, 1.54) is 32.7 Å². The summed E-state index contributed by atoms with van der Waals surface area (Å²) in [5.41, 5.74) is 0.800. The van der Waals surface area contributed by atoms with Crippen molar-refractivity contribution in [2.45, 2.75) is 44.8 Å². The third kappa shape index (κ3) is 9.03. The van der Waals surface area contributed by atoms with Crippen molar-refractivity contribution in [3.8, 4) is 5.75 Å². The summed E-state index contributed by atoms with van der Waals surface area (Å²) < 4.78 is 44.8. The summed E-state index contributed by atoms with van der Waals surface area (Å²) in [6, 6.07) is 0.385. The predicted molar refractivity (Wildman–Crippen MR) is 145 cm³/mol. The molecule has 214 valence electrons. The number of halogens is 2. The number of hydrogen-bond donors (Lipinski definition) is 4. The van der Waals surface area contributed by atoms with Gasteiger partial charge in [0.15, 0.2) is 23.5 Å². The smallest absolute Gasteiger partial charge is 0.227 e. The largest absolute Gasteiger partial charge is 0.498 e. The number of aromatic nitrogens is 2. The zero-order valence-electron chi connectivity index (χ0n) is 22.6. The van der Waals surface area contributed by atoms with Crippen LogP contribution in [0, 0.1) is 5.92 Å². The Morgan fingerprint density at radius 3 is 2.67 bits per heavy atom. The van der Waals surface area contributed by atoms with Crippen LogP contribution in [-0.2, 0) is 9.47 Å². The van der Waals surface area contributed by atoms with E-state index in [0.29, 0.717) is 18.4 Å². The van der Waals surface area contributed by atoms with Crippen molar-refractivity contribution in [2.75, 3.05) is 45.8 Å². The fraction of sp³-hybridized carbons (Fsp3) is 0.519. The number of methoxy groups -OCH3 is 2. The summed E-state index contributed by atoms with van der Waals surface area (Å²) in [4.78, 5) is 13.0. The average Bonchev–Trinajstić information content (AvgIpc) is 3.18. The highest BCUT2D eigenvalue weighted by Gasteiger charge is 2.36. The fourth-order valence-corrected chi connectivity index (χ4v) is 4.00. The Labute approximate surface area is 228 Å². The normalized spacial score (nSPS) is 19.9. The summed E-state index contributed by atoms with van der Waals surface area (Å²) >= 11 is 0. The predicted octanol–water partition coefficient (Wildman–Crippen LogP) is 3.52. The maximum Gasteiger partial charge on any atom is 0.227 e. The maximum atomic E-state index is 14.7. The van der Waals surface area contributed by atoms with Crippen molar-refractivity contribution >= 4 is 11.8 Å². The topological polar surface area (TPSA) is 122 Å². The monoisotopic (exact) mass is 548 g/mol. The van der Waals surface area contributed by atoms with Crippen LogP contribution in [-0.4, -0.2) is 73.6 Å². The Bertz CT molecular complexity index is 1070. The van der Waals surface area contributed by atoms with E-state index in [1.807, 2.05) is 12.2 Å². The number of allylic oxidation sites excluding steroid dienone is 3. The van der Waals surface area contributed by atoms with Gasteiger partial charge in [-0.15, -0.1) is 0 Å². The lowest BCUT2D eigenvalue weighted by Gasteiger charge is -2.26. The lowest BCUT2D eigenvalue weighted by Crippen LogP contribution is -2.34. The van der Waals surface area contributed by atoms with E-state index in [9.17, 15) is 8.78 Å². The van der Waals surface area contributed by atoms with Crippen LogP contribution in [0.1, 0.15) is 32.6 Å². The number of alkyl halides is 1. The number of amidine groups is 1. The van der Waals surface area contributed by atoms with Crippen LogP contribution in [0.15, 0.2) is 64.9 Å². The van der Waals surface area contributed by atoms with E-state index >= 15 is 0 Å². The van der Waals surface area contributed by atoms with E-state index in [1.54, 1.807) is 6.20 Å². The van der Waals surface area contributed by atoms with Gasteiger partial charge in [0.1, 0.15) is 18.2 Å². The van der Waals surface area contributed by atoms with E-state index in [-0.39, 0.29) is 30.5 Å². The summed E-state index contributed by atoms with van der Waals surface area (Å²) in [5, 5.41) is 18.8. The van der Waals surface area contributed by atoms with Gasteiger partial charge in [-0.25, -0.2) is 23.7 Å². The van der Waals surface area contributed by atoms with E-state index in [4.69, 9.17) is 19.3 Å². The first kappa shape index (κ1) is 30.0. The molecular weight excluding hydrogens is 510 g/mol. The molecule has 1 aliphatic heterocycles. The third-order valence-corrected chi connectivity index (χ3v) is 6.28. The Hall–Kier alpha value is -3.51. The minimum Gasteiger partial charge on any atom is -0.498 e. The van der Waals surface area contributed by atoms with Gasteiger partial charge in [0.2, 0.25) is 5.95 Å². The first-order chi connectivity index (χ1) is 19.0. The molecule has 0 spiro atoms. The molecule has 3 atom stereocenters. The molecule has 0 aromatic carbocycles. The van der Waals surface area contributed by atoms with Crippen LogP contribution in [0.4, 0.5) is 14.7 Å². The molecule has 4 N–H and O–H groups in total. The number of aliphatic imine (C=N–C) groups is 1. The molecule has 0 saturated heterocycles. The zero-order valence-corrected chi connectivity index (χ0v) is 22.6. The molecule has 0 radical (unpaired) electrons. The van der Waals surface area contributed by atoms with Gasteiger partial charge in [0, 0.05) is 43.6 Å². The van der Waals surface area contributed by atoms with Gasteiger partial charge < -0.3 is 35.3 Å². The van der Waals surface area contributed by atoms with Crippen LogP contribution in [0.3, 0.4) is 0 Å². The molecule has 2 aliphatic rings. The van der Waals surface area contributed by atoms with E-state index in [2.05, 4.69) is 37.8 Å². The van der Waals surface area contributed by atoms with Crippen LogP contribution in [0.25, 0.3) is 0 Å². The van der Waals surface area contributed by atoms with Crippen LogP contribution < -0.4 is 20.7 Å². The molecule has 12 heteroatoms. The second-order valence-corrected chi connectivity index (χ2v) is 8.98. The van der Waals surface area contributed by atoms with E-state index in [0.717, 1.165) is 43.9 Å². The Kier molecular flexibility index (Phi) is 12.2. The summed E-state index contributed by atoms with van der Waals surface area (Å²) in [6.07, 6.45) is 11.3. The molecule has 0 saturated carbocycles. The zero-order chi connectivity index (χ0) is 28.0. The molecule has 3 unspecified atom stereocenters. The molecule has 10 nitrogen and oxygen atoms in total. The van der Waals surface area contributed by atoms with Crippen molar-refractivity contribution in [1.29, 1.82) is 0 Å². The molecular formula is C27H38F2N6O4. The molecule has 3 rings (SSSR count). The SMILES string of the molecule is CCC(CCNC1=NC=C(Nc2ncc(OCC3C(F)=C(OC)C=C(OC)C3F)cn2)CC=C1)NCCCO. The summed E-state index contributed by atoms with van der Waals surface area (Å²) in [6.45, 7) is 3.63. The van der Waals surface area contributed by atoms with Gasteiger partial charge >= 0.3 is 0 Å². The van der Waals surface area contributed by atoms with E-state index < -0.39 is 17.9 Å². The van der Waals surface area contributed by atoms with Crippen molar-refractivity contribution in [3.05, 3.63) is 59.9 Å². The van der Waals surface area contributed by atoms with Crippen LogP contribution >= 0.6 is 0 Å². The Morgan fingerprint density at radius 2 is 1.97 bits per heavy atom. The number of hydrogen-bond acceptors (Lipinski definition) is 10. The number of nitrogens with one attached hydrogen (secondary N) is 3. The maximum absolute atomic E-state index is 14.7. The van der Waals surface area contributed by atoms with Crippen molar-refractivity contribution in [3.63, 3.8) is 0 Å². The van der Waals surface area contributed by atoms with Gasteiger partial charge in [0.05, 0.1) is 32.5 Å². The minimum atomic E-state index is -1.70. The molecule has 1 aromatic rings. The number of anilines is 1. The Morgan fingerprint density at radius 1 is 1.18 bits per heavy atom. The number of aliphatic hydroxyl groups is 1. The highest BCUT2D eigenvalue weighted by Crippen LogP contribution is 2.34. The second-order valence-electron chi connectivity index (χ2n) is 8.98. The minimum absolute atomic E-state index is 0.0270. The number of aliphatic hydroxyl groups excluding tert-OH is 1. The Balaban J connectivity index is 1.49. The summed E-state index contributed by atoms with van der Waals surface area (Å²) in [7, 11) is 2.62. The summed E-state index contributed by atoms with van der Waals surface area (Å²) in [5.74, 6) is -0.700. The lowest BCUT2D eigenvalue weighted by atomic mass is 9.95. The lowest BCUT2D eigenvalue weighted by molar-refractivity contribution is 0.110. The molecule has 2 heterocycles. The molecule has 0 fully saturated rings. The average molecular weight is 549 g/mol. The standard InChI is InChI=1S/C27H38F2N6O4/c1-4-18(30-10-6-12-36)9-11-31-24-8-5-7-19(14-32-24)35-27-33-15-20(16-34-27)39-17-21-25(28)22(37-2)13-23(38-3)26(21)29/h5,8,13-16,18,21,25,30,36H,4,6-7,9-12,17H2,1-3H3,(H,31,32)(H,33,34,35). The number of ether oxygens (including phenoxy) is 3. The highest BCUT2D eigenvalue weighted by atomic mass is 19.1. The molecule has 1 aliphatic carbocycles. The van der Waals surface area contributed by atoms with Gasteiger partial charge in [0.25, 0.3) is 0 Å². The number of rotatable bonds is 15.